The average Bonchev–Trinajstić information content (AvgIpc) is 3.06. The third-order valence-corrected chi connectivity index (χ3v) is 4.75. The Morgan fingerprint density at radius 3 is 2.64 bits per heavy atom. The van der Waals surface area contributed by atoms with Gasteiger partial charge in [-0.25, -0.2) is 14.6 Å². The van der Waals surface area contributed by atoms with Crippen molar-refractivity contribution in [1.82, 2.24) is 29.6 Å². The normalized spacial score (nSPS) is 15.8. The maximum Gasteiger partial charge on any atom is 0.163 e. The molecule has 7 nitrogen and oxygen atoms in total. The molecule has 1 saturated heterocycles. The highest BCUT2D eigenvalue weighted by Gasteiger charge is 2.19. The second kappa shape index (κ2) is 6.76. The molecule has 1 aliphatic rings. The van der Waals surface area contributed by atoms with Gasteiger partial charge in [-0.15, -0.1) is 0 Å². The Hall–Kier alpha value is -2.54. The zero-order valence-electron chi connectivity index (χ0n) is 14.8. The number of anilines is 1. The van der Waals surface area contributed by atoms with Gasteiger partial charge in [-0.2, -0.15) is 5.10 Å². The van der Waals surface area contributed by atoms with E-state index < -0.39 is 0 Å². The molecule has 0 atom stereocenters. The second-order valence-electron chi connectivity index (χ2n) is 6.50. The van der Waals surface area contributed by atoms with Crippen LogP contribution in [0.3, 0.4) is 0 Å². The van der Waals surface area contributed by atoms with Gasteiger partial charge in [-0.05, 0) is 25.6 Å². The first-order valence-electron chi connectivity index (χ1n) is 8.79. The van der Waals surface area contributed by atoms with Gasteiger partial charge in [0.2, 0.25) is 0 Å². The molecule has 0 bridgehead atoms. The van der Waals surface area contributed by atoms with Crippen LogP contribution in [0.1, 0.15) is 18.3 Å². The summed E-state index contributed by atoms with van der Waals surface area (Å²) in [5, 5.41) is 5.57. The Kier molecular flexibility index (Phi) is 4.31. The highest BCUT2D eigenvalue weighted by atomic mass is 15.3. The molecule has 7 heteroatoms. The number of hydrogen-bond donors (Lipinski definition) is 0. The highest BCUT2D eigenvalue weighted by molar-refractivity contribution is 5.86. The predicted octanol–water partition coefficient (Wildman–Crippen LogP) is 1.58. The quantitative estimate of drug-likeness (QED) is 0.720. The van der Waals surface area contributed by atoms with Crippen molar-refractivity contribution in [2.45, 2.75) is 19.9 Å². The minimum Gasteiger partial charge on any atom is -0.353 e. The Labute approximate surface area is 147 Å². The molecule has 4 rings (SSSR count). The summed E-state index contributed by atoms with van der Waals surface area (Å²) in [5.41, 5.74) is 2.97. The van der Waals surface area contributed by atoms with Crippen molar-refractivity contribution in [2.24, 2.45) is 0 Å². The first-order chi connectivity index (χ1) is 12.2. The lowest BCUT2D eigenvalue weighted by Gasteiger charge is -2.33. The number of piperazine rings is 1. The number of rotatable bonds is 4. The van der Waals surface area contributed by atoms with E-state index in [1.165, 1.54) is 0 Å². The molecule has 0 spiro atoms. The number of aromatic nitrogens is 5. The smallest absolute Gasteiger partial charge is 0.163 e. The number of fused-ring (bicyclic) bond motifs is 1. The minimum atomic E-state index is 0.622. The van der Waals surface area contributed by atoms with Crippen LogP contribution in [0.25, 0.3) is 11.0 Å². The van der Waals surface area contributed by atoms with Gasteiger partial charge in [0.1, 0.15) is 12.1 Å². The summed E-state index contributed by atoms with van der Waals surface area (Å²) in [6, 6.07) is 6.14. The largest absolute Gasteiger partial charge is 0.353 e. The number of hydrogen-bond acceptors (Lipinski definition) is 6. The molecule has 0 unspecified atom stereocenters. The van der Waals surface area contributed by atoms with Crippen LogP contribution in [0.15, 0.2) is 30.7 Å². The fourth-order valence-corrected chi connectivity index (χ4v) is 3.23. The number of aryl methyl sites for hydroxylation is 1. The molecule has 25 heavy (non-hydrogen) atoms. The summed E-state index contributed by atoms with van der Waals surface area (Å²) >= 11 is 0. The van der Waals surface area contributed by atoms with Crippen LogP contribution in [0, 0.1) is 0 Å². The maximum absolute atomic E-state index is 4.67. The van der Waals surface area contributed by atoms with E-state index in [0.717, 1.165) is 60.8 Å². The van der Waals surface area contributed by atoms with Crippen molar-refractivity contribution < 1.29 is 0 Å². The zero-order valence-corrected chi connectivity index (χ0v) is 14.8. The minimum absolute atomic E-state index is 0.622. The van der Waals surface area contributed by atoms with Gasteiger partial charge in [0, 0.05) is 31.9 Å². The lowest BCUT2D eigenvalue weighted by Crippen LogP contribution is -2.44. The predicted molar refractivity (Wildman–Crippen MR) is 97.8 cm³/mol. The van der Waals surface area contributed by atoms with Crippen molar-refractivity contribution in [3.8, 4) is 0 Å². The van der Waals surface area contributed by atoms with Gasteiger partial charge in [-0.3, -0.25) is 4.98 Å². The van der Waals surface area contributed by atoms with Crippen LogP contribution in [0.4, 0.5) is 5.82 Å². The first kappa shape index (κ1) is 16.0. The summed E-state index contributed by atoms with van der Waals surface area (Å²) < 4.78 is 1.92. The van der Waals surface area contributed by atoms with Gasteiger partial charge in [0.05, 0.1) is 23.8 Å². The van der Waals surface area contributed by atoms with E-state index in [2.05, 4.69) is 56.0 Å². The molecule has 4 heterocycles. The van der Waals surface area contributed by atoms with E-state index >= 15 is 0 Å². The van der Waals surface area contributed by atoms with E-state index in [4.69, 9.17) is 0 Å². The van der Waals surface area contributed by atoms with Crippen LogP contribution in [0.2, 0.25) is 0 Å². The molecular weight excluding hydrogens is 314 g/mol. The van der Waals surface area contributed by atoms with E-state index in [1.54, 1.807) is 6.33 Å². The zero-order chi connectivity index (χ0) is 17.2. The molecule has 130 valence electrons. The van der Waals surface area contributed by atoms with Crippen molar-refractivity contribution >= 4 is 16.9 Å². The summed E-state index contributed by atoms with van der Waals surface area (Å²) in [6.07, 6.45) is 4.46. The molecular formula is C18H23N7. The summed E-state index contributed by atoms with van der Waals surface area (Å²) in [7, 11) is 2.16. The Morgan fingerprint density at radius 2 is 1.84 bits per heavy atom. The maximum atomic E-state index is 4.67. The third-order valence-electron chi connectivity index (χ3n) is 4.75. The molecule has 1 fully saturated rings. The molecule has 0 saturated carbocycles. The van der Waals surface area contributed by atoms with Crippen LogP contribution < -0.4 is 4.90 Å². The van der Waals surface area contributed by atoms with Crippen molar-refractivity contribution in [2.75, 3.05) is 38.1 Å². The molecule has 0 aliphatic carbocycles. The number of pyridine rings is 1. The second-order valence-corrected chi connectivity index (χ2v) is 6.50. The summed E-state index contributed by atoms with van der Waals surface area (Å²) in [5.74, 6) is 0.986. The fraction of sp³-hybridized carbons (Fsp3) is 0.444. The van der Waals surface area contributed by atoms with Gasteiger partial charge in [0.25, 0.3) is 0 Å². The van der Waals surface area contributed by atoms with Gasteiger partial charge >= 0.3 is 0 Å². The SMILES string of the molecule is CCc1cccc(Cn2ncc3c(N4CCN(C)CC4)ncnc32)n1. The molecule has 0 amide bonds. The summed E-state index contributed by atoms with van der Waals surface area (Å²) in [6.45, 7) is 6.80. The molecule has 1 aliphatic heterocycles. The Bertz CT molecular complexity index is 865. The Balaban J connectivity index is 1.64. The van der Waals surface area contributed by atoms with Crippen LogP contribution in [-0.2, 0) is 13.0 Å². The van der Waals surface area contributed by atoms with Crippen LogP contribution in [-0.4, -0.2) is 62.9 Å². The average molecular weight is 337 g/mol. The summed E-state index contributed by atoms with van der Waals surface area (Å²) in [4.78, 5) is 18.3. The molecule has 0 aromatic carbocycles. The van der Waals surface area contributed by atoms with Crippen molar-refractivity contribution in [3.05, 3.63) is 42.1 Å². The van der Waals surface area contributed by atoms with E-state index in [-0.39, 0.29) is 0 Å². The molecule has 3 aromatic rings. The van der Waals surface area contributed by atoms with Crippen LogP contribution in [0.5, 0.6) is 0 Å². The lowest BCUT2D eigenvalue weighted by atomic mass is 10.2. The highest BCUT2D eigenvalue weighted by Crippen LogP contribution is 2.23. The van der Waals surface area contributed by atoms with Gasteiger partial charge in [-0.1, -0.05) is 13.0 Å². The number of nitrogens with zero attached hydrogens (tertiary/aromatic N) is 7. The van der Waals surface area contributed by atoms with E-state index in [9.17, 15) is 0 Å². The molecule has 3 aromatic heterocycles. The van der Waals surface area contributed by atoms with Gasteiger partial charge < -0.3 is 9.80 Å². The molecule has 0 radical (unpaired) electrons. The molecule has 0 N–H and O–H groups in total. The van der Waals surface area contributed by atoms with Crippen molar-refractivity contribution in [1.29, 1.82) is 0 Å². The Morgan fingerprint density at radius 1 is 1.04 bits per heavy atom. The van der Waals surface area contributed by atoms with Crippen LogP contribution >= 0.6 is 0 Å². The first-order valence-corrected chi connectivity index (χ1v) is 8.79. The standard InChI is InChI=1S/C18H23N7/c1-3-14-5-4-6-15(22-14)12-25-18-16(11-21-25)17(19-13-20-18)24-9-7-23(2)8-10-24/h4-6,11,13H,3,7-10,12H2,1-2H3. The van der Waals surface area contributed by atoms with E-state index in [1.807, 2.05) is 16.9 Å². The third kappa shape index (κ3) is 3.19. The lowest BCUT2D eigenvalue weighted by molar-refractivity contribution is 0.312. The fourth-order valence-electron chi connectivity index (χ4n) is 3.23. The van der Waals surface area contributed by atoms with Gasteiger partial charge in [0.15, 0.2) is 5.65 Å². The van der Waals surface area contributed by atoms with Crippen molar-refractivity contribution in [3.63, 3.8) is 0 Å². The topological polar surface area (TPSA) is 63.0 Å². The number of likely N-dealkylation sites (N-methyl/N-ethyl adjacent to an activating group) is 1. The van der Waals surface area contributed by atoms with E-state index in [0.29, 0.717) is 6.54 Å². The monoisotopic (exact) mass is 337 g/mol.